The van der Waals surface area contributed by atoms with Crippen molar-refractivity contribution >= 4 is 0 Å². The van der Waals surface area contributed by atoms with Crippen LogP contribution < -0.4 is 0 Å². The third kappa shape index (κ3) is 1.33. The summed E-state index contributed by atoms with van der Waals surface area (Å²) < 4.78 is 0. The molecule has 0 radical (unpaired) electrons. The van der Waals surface area contributed by atoms with E-state index in [4.69, 9.17) is 0 Å². The fourth-order valence-corrected chi connectivity index (χ4v) is 3.42. The summed E-state index contributed by atoms with van der Waals surface area (Å²) in [5.74, 6) is 0. The van der Waals surface area contributed by atoms with Gasteiger partial charge in [0.25, 0.3) is 0 Å². The van der Waals surface area contributed by atoms with Crippen molar-refractivity contribution in [3.05, 3.63) is 11.6 Å². The fraction of sp³-hybridized carbons (Fsp3) is 0.846. The molecule has 2 rings (SSSR count). The van der Waals surface area contributed by atoms with Crippen LogP contribution in [0.5, 0.6) is 0 Å². The molecule has 0 aromatic carbocycles. The van der Waals surface area contributed by atoms with E-state index in [9.17, 15) is 5.11 Å². The molecule has 1 nitrogen and oxygen atoms in total. The summed E-state index contributed by atoms with van der Waals surface area (Å²) in [5, 5.41) is 10.0. The molecule has 0 bridgehead atoms. The van der Waals surface area contributed by atoms with E-state index in [2.05, 4.69) is 26.8 Å². The zero-order chi connectivity index (χ0) is 10.4. The predicted molar refractivity (Wildman–Crippen MR) is 59.1 cm³/mol. The molecule has 0 heterocycles. The van der Waals surface area contributed by atoms with E-state index < -0.39 is 0 Å². The van der Waals surface area contributed by atoms with Crippen molar-refractivity contribution in [2.45, 2.75) is 59.0 Å². The third-order valence-electron chi connectivity index (χ3n) is 4.43. The summed E-state index contributed by atoms with van der Waals surface area (Å²) in [6, 6.07) is 0. The molecule has 2 atom stereocenters. The first-order chi connectivity index (χ1) is 6.47. The van der Waals surface area contributed by atoms with Crippen molar-refractivity contribution in [1.82, 2.24) is 0 Å². The zero-order valence-corrected chi connectivity index (χ0v) is 9.64. The van der Waals surface area contributed by atoms with E-state index in [1.807, 2.05) is 0 Å². The normalized spacial score (nSPS) is 41.4. The highest BCUT2D eigenvalue weighted by Gasteiger charge is 2.46. The molecule has 1 fully saturated rings. The summed E-state index contributed by atoms with van der Waals surface area (Å²) in [6.45, 7) is 6.78. The van der Waals surface area contributed by atoms with Crippen molar-refractivity contribution in [2.24, 2.45) is 10.8 Å². The third-order valence-corrected chi connectivity index (χ3v) is 4.43. The van der Waals surface area contributed by atoms with Crippen LogP contribution >= 0.6 is 0 Å². The maximum absolute atomic E-state index is 10.0. The van der Waals surface area contributed by atoms with Gasteiger partial charge in [-0.25, -0.2) is 0 Å². The second-order valence-electron chi connectivity index (χ2n) is 5.85. The molecule has 1 heteroatoms. The minimum atomic E-state index is -0.139. The predicted octanol–water partition coefficient (Wildman–Crippen LogP) is 3.28. The number of rotatable bonds is 0. The van der Waals surface area contributed by atoms with Gasteiger partial charge in [-0.3, -0.25) is 0 Å². The van der Waals surface area contributed by atoms with Crippen LogP contribution in [0.4, 0.5) is 0 Å². The molecule has 0 amide bonds. The highest BCUT2D eigenvalue weighted by Crippen LogP contribution is 2.54. The molecule has 14 heavy (non-hydrogen) atoms. The maximum atomic E-state index is 10.0. The van der Waals surface area contributed by atoms with Gasteiger partial charge in [0.1, 0.15) is 0 Å². The number of hydrogen-bond donors (Lipinski definition) is 1. The highest BCUT2D eigenvalue weighted by molar-refractivity contribution is 5.27. The molecule has 0 aliphatic heterocycles. The number of allylic oxidation sites excluding steroid dienone is 1. The van der Waals surface area contributed by atoms with Crippen LogP contribution in [-0.4, -0.2) is 11.2 Å². The minimum Gasteiger partial charge on any atom is -0.392 e. The van der Waals surface area contributed by atoms with Gasteiger partial charge in [0, 0.05) is 5.41 Å². The van der Waals surface area contributed by atoms with Crippen LogP contribution in [0.25, 0.3) is 0 Å². The van der Waals surface area contributed by atoms with Crippen LogP contribution in [0, 0.1) is 10.8 Å². The molecule has 0 aromatic heterocycles. The SMILES string of the molecule is CC1(C)C2=CCCC[C@@]2(C)CC[C@@H]1O. The van der Waals surface area contributed by atoms with Gasteiger partial charge in [-0.05, 0) is 37.5 Å². The molecule has 0 aromatic rings. The molecule has 0 saturated heterocycles. The van der Waals surface area contributed by atoms with E-state index in [1.54, 1.807) is 0 Å². The number of hydrogen-bond acceptors (Lipinski definition) is 1. The molecule has 0 unspecified atom stereocenters. The van der Waals surface area contributed by atoms with E-state index >= 15 is 0 Å². The van der Waals surface area contributed by atoms with Gasteiger partial charge in [0.05, 0.1) is 6.10 Å². The summed E-state index contributed by atoms with van der Waals surface area (Å²) in [7, 11) is 0. The Kier molecular flexibility index (Phi) is 2.26. The van der Waals surface area contributed by atoms with Crippen LogP contribution in [0.2, 0.25) is 0 Å². The van der Waals surface area contributed by atoms with Gasteiger partial charge in [0.2, 0.25) is 0 Å². The molecular weight excluding hydrogens is 172 g/mol. The molecule has 2 aliphatic carbocycles. The largest absolute Gasteiger partial charge is 0.392 e. The van der Waals surface area contributed by atoms with Gasteiger partial charge in [-0.1, -0.05) is 32.4 Å². The van der Waals surface area contributed by atoms with Gasteiger partial charge in [0.15, 0.2) is 0 Å². The lowest BCUT2D eigenvalue weighted by molar-refractivity contribution is 0.00818. The molecule has 1 N–H and O–H groups in total. The maximum Gasteiger partial charge on any atom is 0.0628 e. The van der Waals surface area contributed by atoms with Gasteiger partial charge < -0.3 is 5.11 Å². The Balaban J connectivity index is 2.39. The molecule has 0 spiro atoms. The van der Waals surface area contributed by atoms with Crippen LogP contribution in [0.3, 0.4) is 0 Å². The lowest BCUT2D eigenvalue weighted by Gasteiger charge is -2.50. The Hall–Kier alpha value is -0.300. The van der Waals surface area contributed by atoms with E-state index in [-0.39, 0.29) is 11.5 Å². The van der Waals surface area contributed by atoms with Crippen molar-refractivity contribution in [1.29, 1.82) is 0 Å². The Morgan fingerprint density at radius 3 is 2.71 bits per heavy atom. The van der Waals surface area contributed by atoms with Crippen molar-refractivity contribution in [3.63, 3.8) is 0 Å². The van der Waals surface area contributed by atoms with E-state index in [0.29, 0.717) is 5.41 Å². The quantitative estimate of drug-likeness (QED) is 0.587. The van der Waals surface area contributed by atoms with Crippen LogP contribution in [-0.2, 0) is 0 Å². The first-order valence-corrected chi connectivity index (χ1v) is 5.86. The standard InChI is InChI=1S/C13H22O/c1-12(2)10-6-4-5-8-13(10,3)9-7-11(12)14/h6,11,14H,4-5,7-9H2,1-3H3/t11-,13-/m0/s1. The summed E-state index contributed by atoms with van der Waals surface area (Å²) in [4.78, 5) is 0. The molecule has 80 valence electrons. The Morgan fingerprint density at radius 2 is 2.00 bits per heavy atom. The average molecular weight is 194 g/mol. The lowest BCUT2D eigenvalue weighted by atomic mass is 9.56. The average Bonchev–Trinajstić information content (AvgIpc) is 2.13. The smallest absolute Gasteiger partial charge is 0.0628 e. The lowest BCUT2D eigenvalue weighted by Crippen LogP contribution is -2.44. The highest BCUT2D eigenvalue weighted by atomic mass is 16.3. The van der Waals surface area contributed by atoms with Gasteiger partial charge >= 0.3 is 0 Å². The van der Waals surface area contributed by atoms with E-state index in [0.717, 1.165) is 6.42 Å². The first kappa shape index (κ1) is 10.2. The van der Waals surface area contributed by atoms with Gasteiger partial charge in [-0.15, -0.1) is 0 Å². The van der Waals surface area contributed by atoms with Gasteiger partial charge in [-0.2, -0.15) is 0 Å². The second-order valence-corrected chi connectivity index (χ2v) is 5.85. The van der Waals surface area contributed by atoms with Crippen molar-refractivity contribution in [3.8, 4) is 0 Å². The summed E-state index contributed by atoms with van der Waals surface area (Å²) in [6.07, 6.45) is 8.25. The second kappa shape index (κ2) is 3.10. The van der Waals surface area contributed by atoms with E-state index in [1.165, 1.54) is 31.3 Å². The number of aliphatic hydroxyl groups excluding tert-OH is 1. The van der Waals surface area contributed by atoms with Crippen LogP contribution in [0.15, 0.2) is 11.6 Å². The number of aliphatic hydroxyl groups is 1. The summed E-state index contributed by atoms with van der Waals surface area (Å²) in [5.41, 5.74) is 1.92. The number of fused-ring (bicyclic) bond motifs is 1. The topological polar surface area (TPSA) is 20.2 Å². The minimum absolute atomic E-state index is 0.00736. The summed E-state index contributed by atoms with van der Waals surface area (Å²) >= 11 is 0. The fourth-order valence-electron chi connectivity index (χ4n) is 3.42. The van der Waals surface area contributed by atoms with Crippen molar-refractivity contribution in [2.75, 3.05) is 0 Å². The Morgan fingerprint density at radius 1 is 1.29 bits per heavy atom. The molecule has 2 aliphatic rings. The Bertz CT molecular complexity index is 264. The first-order valence-electron chi connectivity index (χ1n) is 5.86. The monoisotopic (exact) mass is 194 g/mol. The van der Waals surface area contributed by atoms with Crippen LogP contribution in [0.1, 0.15) is 52.9 Å². The zero-order valence-electron chi connectivity index (χ0n) is 9.64. The van der Waals surface area contributed by atoms with Crippen molar-refractivity contribution < 1.29 is 5.11 Å². The molecule has 1 saturated carbocycles. The Labute approximate surface area is 87.2 Å². The molecular formula is C13H22O.